The number of anilines is 1. The van der Waals surface area contributed by atoms with E-state index in [1.807, 2.05) is 22.9 Å². The SMILES string of the molecule is Cc1cccc(N2CCN([C@H](c3cc4cc5c(cc4[nH]c3=O)OCO5)c3nnnn3C3CCCC3)CC2)c1C. The van der Waals surface area contributed by atoms with E-state index in [0.29, 0.717) is 17.1 Å². The Morgan fingerprint density at radius 2 is 1.77 bits per heavy atom. The Balaban J connectivity index is 1.28. The molecule has 1 N–H and O–H groups in total. The predicted octanol–water partition coefficient (Wildman–Crippen LogP) is 3.89. The fourth-order valence-corrected chi connectivity index (χ4v) is 6.40. The number of rotatable bonds is 5. The van der Waals surface area contributed by atoms with Gasteiger partial charge in [0.05, 0.1) is 11.6 Å². The number of H-pyrrole nitrogens is 1. The minimum Gasteiger partial charge on any atom is -0.454 e. The first kappa shape index (κ1) is 24.1. The maximum absolute atomic E-state index is 13.7. The van der Waals surface area contributed by atoms with Crippen LogP contribution < -0.4 is 19.9 Å². The van der Waals surface area contributed by atoms with Gasteiger partial charge in [0.2, 0.25) is 6.79 Å². The van der Waals surface area contributed by atoms with Crippen LogP contribution in [0.3, 0.4) is 0 Å². The number of aromatic amines is 1. The Kier molecular flexibility index (Phi) is 5.99. The summed E-state index contributed by atoms with van der Waals surface area (Å²) >= 11 is 0. The Hall–Kier alpha value is -3.92. The second-order valence-electron chi connectivity index (χ2n) is 10.9. The molecule has 2 aliphatic heterocycles. The highest BCUT2D eigenvalue weighted by molar-refractivity contribution is 5.83. The largest absolute Gasteiger partial charge is 0.454 e. The molecule has 4 heterocycles. The maximum atomic E-state index is 13.7. The minimum atomic E-state index is -0.361. The number of hydrogen-bond donors (Lipinski definition) is 1. The molecule has 202 valence electrons. The number of tetrazole rings is 1. The third-order valence-electron chi connectivity index (χ3n) is 8.69. The highest BCUT2D eigenvalue weighted by Gasteiger charge is 2.35. The molecule has 7 rings (SSSR count). The van der Waals surface area contributed by atoms with Crippen LogP contribution in [0.2, 0.25) is 0 Å². The van der Waals surface area contributed by atoms with E-state index < -0.39 is 0 Å². The molecule has 1 saturated heterocycles. The van der Waals surface area contributed by atoms with Crippen molar-refractivity contribution >= 4 is 16.6 Å². The Morgan fingerprint density at radius 1 is 1.00 bits per heavy atom. The van der Waals surface area contributed by atoms with Gasteiger partial charge in [-0.3, -0.25) is 9.69 Å². The summed E-state index contributed by atoms with van der Waals surface area (Å²) in [4.78, 5) is 21.6. The molecule has 10 nitrogen and oxygen atoms in total. The molecule has 0 spiro atoms. The fourth-order valence-electron chi connectivity index (χ4n) is 6.40. The zero-order chi connectivity index (χ0) is 26.5. The Morgan fingerprint density at radius 3 is 2.56 bits per heavy atom. The summed E-state index contributed by atoms with van der Waals surface area (Å²) in [6.45, 7) is 7.82. The Labute approximate surface area is 226 Å². The van der Waals surface area contributed by atoms with Gasteiger partial charge in [-0.05, 0) is 66.4 Å². The molecule has 2 aromatic heterocycles. The average molecular weight is 528 g/mol. The number of aromatic nitrogens is 5. The first-order chi connectivity index (χ1) is 19.1. The number of hydrogen-bond acceptors (Lipinski definition) is 8. The lowest BCUT2D eigenvalue weighted by Gasteiger charge is -2.40. The topological polar surface area (TPSA) is 101 Å². The van der Waals surface area contributed by atoms with Crippen molar-refractivity contribution in [3.63, 3.8) is 0 Å². The van der Waals surface area contributed by atoms with Gasteiger partial charge in [-0.15, -0.1) is 5.10 Å². The van der Waals surface area contributed by atoms with E-state index in [0.717, 1.165) is 55.7 Å². The lowest BCUT2D eigenvalue weighted by molar-refractivity contribution is 0.174. The second-order valence-corrected chi connectivity index (χ2v) is 10.9. The van der Waals surface area contributed by atoms with Crippen LogP contribution in [0.25, 0.3) is 10.9 Å². The lowest BCUT2D eigenvalue weighted by Crippen LogP contribution is -2.49. The van der Waals surface area contributed by atoms with Crippen molar-refractivity contribution in [1.82, 2.24) is 30.1 Å². The van der Waals surface area contributed by atoms with E-state index in [4.69, 9.17) is 9.47 Å². The number of nitrogens with zero attached hydrogens (tertiary/aromatic N) is 6. The molecule has 0 amide bonds. The van der Waals surface area contributed by atoms with Gasteiger partial charge in [-0.25, -0.2) is 4.68 Å². The van der Waals surface area contributed by atoms with Gasteiger partial charge < -0.3 is 19.4 Å². The summed E-state index contributed by atoms with van der Waals surface area (Å²) in [5.74, 6) is 2.08. The first-order valence-electron chi connectivity index (χ1n) is 13.9. The third-order valence-corrected chi connectivity index (χ3v) is 8.69. The highest BCUT2D eigenvalue weighted by atomic mass is 16.7. The molecule has 4 aromatic rings. The second kappa shape index (κ2) is 9.68. The number of nitrogens with one attached hydrogen (secondary N) is 1. The van der Waals surface area contributed by atoms with Gasteiger partial charge in [0.25, 0.3) is 5.56 Å². The molecule has 1 aliphatic carbocycles. The molecule has 2 aromatic carbocycles. The van der Waals surface area contributed by atoms with E-state index in [2.05, 4.69) is 62.4 Å². The summed E-state index contributed by atoms with van der Waals surface area (Å²) < 4.78 is 13.1. The van der Waals surface area contributed by atoms with Crippen molar-refractivity contribution in [2.75, 3.05) is 37.9 Å². The summed E-state index contributed by atoms with van der Waals surface area (Å²) in [5.41, 5.74) is 5.13. The lowest BCUT2D eigenvalue weighted by atomic mass is 10.0. The summed E-state index contributed by atoms with van der Waals surface area (Å²) in [6.07, 6.45) is 4.46. The van der Waals surface area contributed by atoms with Crippen LogP contribution in [-0.2, 0) is 0 Å². The zero-order valence-electron chi connectivity index (χ0n) is 22.4. The number of ether oxygens (including phenoxy) is 2. The monoisotopic (exact) mass is 527 g/mol. The van der Waals surface area contributed by atoms with Gasteiger partial charge in [-0.1, -0.05) is 25.0 Å². The van der Waals surface area contributed by atoms with Crippen LogP contribution in [-0.4, -0.2) is 63.1 Å². The Bertz CT molecular complexity index is 1580. The van der Waals surface area contributed by atoms with Gasteiger partial charge in [-0.2, -0.15) is 0 Å². The molecule has 3 aliphatic rings. The molecule has 1 saturated carbocycles. The van der Waals surface area contributed by atoms with Crippen LogP contribution in [0.1, 0.15) is 60.3 Å². The number of benzene rings is 2. The number of piperazine rings is 1. The van der Waals surface area contributed by atoms with Crippen molar-refractivity contribution in [3.8, 4) is 11.5 Å². The molecule has 0 radical (unpaired) electrons. The number of fused-ring (bicyclic) bond motifs is 2. The summed E-state index contributed by atoms with van der Waals surface area (Å²) in [5, 5.41) is 14.0. The van der Waals surface area contributed by atoms with E-state index in [1.165, 1.54) is 29.7 Å². The van der Waals surface area contributed by atoms with Crippen molar-refractivity contribution in [2.45, 2.75) is 51.6 Å². The van der Waals surface area contributed by atoms with E-state index >= 15 is 0 Å². The zero-order valence-corrected chi connectivity index (χ0v) is 22.4. The molecule has 0 unspecified atom stereocenters. The smallest absolute Gasteiger partial charge is 0.253 e. The molecule has 39 heavy (non-hydrogen) atoms. The van der Waals surface area contributed by atoms with Gasteiger partial charge in [0.15, 0.2) is 17.3 Å². The normalized spacial score (nSPS) is 18.8. The van der Waals surface area contributed by atoms with Crippen molar-refractivity contribution in [3.05, 3.63) is 69.3 Å². The van der Waals surface area contributed by atoms with Crippen LogP contribution >= 0.6 is 0 Å². The van der Waals surface area contributed by atoms with Crippen molar-refractivity contribution < 1.29 is 9.47 Å². The molecule has 1 atom stereocenters. The van der Waals surface area contributed by atoms with Crippen LogP contribution in [0.15, 0.2) is 41.2 Å². The quantitative estimate of drug-likeness (QED) is 0.417. The minimum absolute atomic E-state index is 0.135. The van der Waals surface area contributed by atoms with E-state index in [-0.39, 0.29) is 24.4 Å². The standard InChI is InChI=1S/C29H33N7O3/c1-18-6-5-9-24(19(18)2)34-10-12-35(13-11-34)27(28-31-32-33-36(28)21-7-3-4-8-21)22-14-20-15-25-26(39-17-38-25)16-23(20)30-29(22)37/h5-6,9,14-16,21,27H,3-4,7-8,10-13,17H2,1-2H3,(H,30,37)/t27-/m1/s1. The van der Waals surface area contributed by atoms with Crippen LogP contribution in [0.4, 0.5) is 5.69 Å². The summed E-state index contributed by atoms with van der Waals surface area (Å²) in [7, 11) is 0. The van der Waals surface area contributed by atoms with E-state index in [9.17, 15) is 4.79 Å². The first-order valence-corrected chi connectivity index (χ1v) is 13.9. The molecule has 0 bridgehead atoms. The van der Waals surface area contributed by atoms with Gasteiger partial charge >= 0.3 is 0 Å². The van der Waals surface area contributed by atoms with Gasteiger partial charge in [0, 0.05) is 48.9 Å². The molecule has 10 heteroatoms. The number of pyridine rings is 1. The molecular weight excluding hydrogens is 494 g/mol. The predicted molar refractivity (Wildman–Crippen MR) is 148 cm³/mol. The van der Waals surface area contributed by atoms with Gasteiger partial charge in [0.1, 0.15) is 6.04 Å². The van der Waals surface area contributed by atoms with E-state index in [1.54, 1.807) is 0 Å². The highest BCUT2D eigenvalue weighted by Crippen LogP contribution is 2.38. The van der Waals surface area contributed by atoms with Crippen LogP contribution in [0.5, 0.6) is 11.5 Å². The third kappa shape index (κ3) is 4.23. The summed E-state index contributed by atoms with van der Waals surface area (Å²) in [6, 6.07) is 12.1. The fraction of sp³-hybridized carbons (Fsp3) is 0.448. The van der Waals surface area contributed by atoms with Crippen molar-refractivity contribution in [1.29, 1.82) is 0 Å². The maximum Gasteiger partial charge on any atom is 0.253 e. The molecule has 2 fully saturated rings. The van der Waals surface area contributed by atoms with Crippen LogP contribution in [0, 0.1) is 13.8 Å². The van der Waals surface area contributed by atoms with Crippen molar-refractivity contribution in [2.24, 2.45) is 0 Å². The molecular formula is C29H33N7O3. The average Bonchev–Trinajstić information content (AvgIpc) is 3.72. The number of aryl methyl sites for hydroxylation is 1.